The van der Waals surface area contributed by atoms with Crippen molar-refractivity contribution >= 4 is 77.3 Å². The third-order valence-electron chi connectivity index (χ3n) is 9.40. The van der Waals surface area contributed by atoms with E-state index in [-0.39, 0.29) is 25.8 Å². The molecule has 19 nitrogen and oxygen atoms in total. The van der Waals surface area contributed by atoms with E-state index < -0.39 is 96.7 Å². The fourth-order valence-electron chi connectivity index (χ4n) is 6.13. The molecule has 0 bridgehead atoms. The van der Waals surface area contributed by atoms with Crippen molar-refractivity contribution in [2.45, 2.75) is 94.5 Å². The van der Waals surface area contributed by atoms with E-state index in [0.29, 0.717) is 62.1 Å². The van der Waals surface area contributed by atoms with E-state index in [1.807, 2.05) is 12.5 Å². The normalized spacial score (nSPS) is 15.9. The van der Waals surface area contributed by atoms with E-state index in [2.05, 4.69) is 37.2 Å². The van der Waals surface area contributed by atoms with Crippen LogP contribution >= 0.6 is 23.5 Å². The summed E-state index contributed by atoms with van der Waals surface area (Å²) < 4.78 is 0. The van der Waals surface area contributed by atoms with E-state index in [9.17, 15) is 48.3 Å². The maximum absolute atomic E-state index is 13.2. The Labute approximate surface area is 353 Å². The lowest BCUT2D eigenvalue weighted by Gasteiger charge is -2.25. The summed E-state index contributed by atoms with van der Waals surface area (Å²) in [6.45, 7) is 0.983. The summed E-state index contributed by atoms with van der Waals surface area (Å²) in [7, 11) is 0. The second-order valence-electron chi connectivity index (χ2n) is 13.9. The highest BCUT2D eigenvalue weighted by atomic mass is 32.2. The number of carbonyl (C=O) groups excluding carboxylic acids is 8. The van der Waals surface area contributed by atoms with E-state index in [1.165, 1.54) is 35.3 Å². The summed E-state index contributed by atoms with van der Waals surface area (Å²) in [6, 6.07) is 2.59. The zero-order valence-electron chi connectivity index (χ0n) is 33.8. The molecule has 8 amide bonds. The molecule has 0 aliphatic carbocycles. The number of hydrogen-bond donors (Lipinski definition) is 9. The minimum Gasteiger partial charge on any atom is -0.480 e. The first-order chi connectivity index (χ1) is 28.3. The van der Waals surface area contributed by atoms with Crippen molar-refractivity contribution in [3.05, 3.63) is 35.9 Å². The van der Waals surface area contributed by atoms with Gasteiger partial charge in [0.05, 0.1) is 13.1 Å². The van der Waals surface area contributed by atoms with Crippen LogP contribution in [-0.2, 0) is 49.6 Å². The third kappa shape index (κ3) is 18.3. The first-order valence-electron chi connectivity index (χ1n) is 19.5. The molecule has 1 aromatic rings. The number of carboxylic acid groups (broad SMARTS) is 1. The van der Waals surface area contributed by atoms with Crippen molar-refractivity contribution in [3.63, 3.8) is 0 Å². The van der Waals surface area contributed by atoms with Crippen molar-refractivity contribution in [1.29, 1.82) is 0 Å². The van der Waals surface area contributed by atoms with E-state index in [0.717, 1.165) is 0 Å². The average molecular weight is 866 g/mol. The van der Waals surface area contributed by atoms with Crippen LogP contribution in [0.3, 0.4) is 0 Å². The van der Waals surface area contributed by atoms with E-state index >= 15 is 0 Å². The second-order valence-corrected chi connectivity index (χ2v) is 15.8. The van der Waals surface area contributed by atoms with Crippen LogP contribution in [0.15, 0.2) is 30.3 Å². The standard InChI is InChI=1S/C38H59N9O10S2/c1-24(43-35(53)27(12-7-8-16-39)45-34(52)26(42-23-48)14-18-58-2)33(51)41-22-32(50)47-17-9-13-30(47)37(55)40-21-31(49)44-29(20-25-10-5-4-6-11-25)36(54)46-28(38(56)57)15-19-59-3/h4-6,10-11,23-24,26-30H,7-9,12-22,39H2,1-3H3,(H,40,55)(H,41,51)(H,42,48)(H,43,53)(H,44,49)(H,45,52)(H,46,54)(H,56,57)/t24-,26-,27-,28-,29-,30-/m0/s1. The number of likely N-dealkylation sites (tertiary alicyclic amines) is 1. The number of thioether (sulfide) groups is 2. The molecule has 10 N–H and O–H groups in total. The number of carboxylic acids is 1. The van der Waals surface area contributed by atoms with Gasteiger partial charge in [0.25, 0.3) is 0 Å². The zero-order chi connectivity index (χ0) is 43.7. The van der Waals surface area contributed by atoms with Crippen molar-refractivity contribution < 1.29 is 48.3 Å². The monoisotopic (exact) mass is 865 g/mol. The van der Waals surface area contributed by atoms with Gasteiger partial charge < -0.3 is 53.0 Å². The number of hydrogen-bond acceptors (Lipinski definition) is 12. The maximum Gasteiger partial charge on any atom is 0.326 e. The van der Waals surface area contributed by atoms with Gasteiger partial charge in [-0.2, -0.15) is 23.5 Å². The van der Waals surface area contributed by atoms with Crippen molar-refractivity contribution in [2.24, 2.45) is 5.73 Å². The van der Waals surface area contributed by atoms with Crippen LogP contribution in [0.25, 0.3) is 0 Å². The highest BCUT2D eigenvalue weighted by Crippen LogP contribution is 2.17. The summed E-state index contributed by atoms with van der Waals surface area (Å²) in [5.41, 5.74) is 6.31. The molecule has 2 rings (SSSR count). The highest BCUT2D eigenvalue weighted by molar-refractivity contribution is 7.98. The third-order valence-corrected chi connectivity index (χ3v) is 10.7. The van der Waals surface area contributed by atoms with Gasteiger partial charge >= 0.3 is 5.97 Å². The lowest BCUT2D eigenvalue weighted by atomic mass is 10.0. The molecule has 59 heavy (non-hydrogen) atoms. The van der Waals surface area contributed by atoms with Crippen molar-refractivity contribution in [3.8, 4) is 0 Å². The molecule has 0 spiro atoms. The topological polar surface area (TPSA) is 287 Å². The fourth-order valence-corrected chi connectivity index (χ4v) is 7.07. The minimum atomic E-state index is -1.21. The van der Waals surface area contributed by atoms with Crippen molar-refractivity contribution in [1.82, 2.24) is 42.1 Å². The first-order valence-corrected chi connectivity index (χ1v) is 22.2. The summed E-state index contributed by atoms with van der Waals surface area (Å²) in [5, 5.41) is 27.3. The number of benzene rings is 1. The largest absolute Gasteiger partial charge is 0.480 e. The number of nitrogens with one attached hydrogen (secondary N) is 7. The van der Waals surface area contributed by atoms with Gasteiger partial charge in [-0.1, -0.05) is 30.3 Å². The molecular weight excluding hydrogens is 807 g/mol. The van der Waals surface area contributed by atoms with Crippen LogP contribution in [0.1, 0.15) is 57.4 Å². The molecule has 0 unspecified atom stereocenters. The molecule has 1 aliphatic heterocycles. The molecule has 328 valence electrons. The summed E-state index contributed by atoms with van der Waals surface area (Å²) in [4.78, 5) is 116. The molecule has 0 radical (unpaired) electrons. The lowest BCUT2D eigenvalue weighted by molar-refractivity contribution is -0.142. The Balaban J connectivity index is 1.97. The molecule has 1 fully saturated rings. The molecule has 1 aliphatic rings. The van der Waals surface area contributed by atoms with Crippen LogP contribution in [-0.4, -0.2) is 150 Å². The van der Waals surface area contributed by atoms with Crippen molar-refractivity contribution in [2.75, 3.05) is 50.2 Å². The zero-order valence-corrected chi connectivity index (χ0v) is 35.4. The predicted octanol–water partition coefficient (Wildman–Crippen LogP) is -1.75. The SMILES string of the molecule is CSCC[C@H](NC(=O)[C@H](Cc1ccccc1)NC(=O)CNC(=O)[C@@H]1CCCN1C(=O)CNC(=O)[C@H](C)NC(=O)[C@H](CCCCN)NC(=O)[C@H](CCSC)NC=O)C(=O)O. The van der Waals surface area contributed by atoms with Gasteiger partial charge in [0.15, 0.2) is 0 Å². The van der Waals surface area contributed by atoms with Gasteiger partial charge in [-0.3, -0.25) is 38.4 Å². The number of carbonyl (C=O) groups is 9. The molecule has 1 aromatic carbocycles. The van der Waals surface area contributed by atoms with E-state index in [1.54, 1.807) is 30.3 Å². The Kier molecular flexibility index (Phi) is 23.6. The van der Waals surface area contributed by atoms with Gasteiger partial charge in [-0.05, 0) is 88.0 Å². The average Bonchev–Trinajstić information content (AvgIpc) is 3.72. The van der Waals surface area contributed by atoms with Gasteiger partial charge in [-0.25, -0.2) is 4.79 Å². The number of amides is 8. The number of nitrogens with zero attached hydrogens (tertiary/aromatic N) is 1. The Morgan fingerprint density at radius 1 is 0.797 bits per heavy atom. The Morgan fingerprint density at radius 2 is 1.42 bits per heavy atom. The Morgan fingerprint density at radius 3 is 2.05 bits per heavy atom. The number of rotatable bonds is 28. The van der Waals surface area contributed by atoms with Gasteiger partial charge in [0, 0.05) is 13.0 Å². The fraction of sp³-hybridized carbons (Fsp3) is 0.605. The molecular formula is C38H59N9O10S2. The highest BCUT2D eigenvalue weighted by Gasteiger charge is 2.35. The first kappa shape index (κ1) is 50.3. The summed E-state index contributed by atoms with van der Waals surface area (Å²) >= 11 is 2.92. The van der Waals surface area contributed by atoms with Crippen LogP contribution in [0, 0.1) is 0 Å². The maximum atomic E-state index is 13.2. The number of aliphatic carboxylic acids is 1. The molecule has 0 saturated carbocycles. The Hall–Kier alpha value is -4.89. The molecule has 1 saturated heterocycles. The predicted molar refractivity (Wildman–Crippen MR) is 224 cm³/mol. The van der Waals surface area contributed by atoms with Crippen LogP contribution in [0.5, 0.6) is 0 Å². The minimum absolute atomic E-state index is 0.0607. The lowest BCUT2D eigenvalue weighted by Crippen LogP contribution is -2.56. The van der Waals surface area contributed by atoms with Crippen LogP contribution < -0.4 is 43.0 Å². The Bertz CT molecular complexity index is 1580. The molecule has 1 heterocycles. The summed E-state index contributed by atoms with van der Waals surface area (Å²) in [6.07, 6.45) is 6.77. The number of nitrogens with two attached hydrogens (primary N) is 1. The number of unbranched alkanes of at least 4 members (excludes halogenated alkanes) is 1. The smallest absolute Gasteiger partial charge is 0.326 e. The second kappa shape index (κ2) is 27.7. The summed E-state index contributed by atoms with van der Waals surface area (Å²) in [5.74, 6) is -4.59. The van der Waals surface area contributed by atoms with Gasteiger partial charge in [0.1, 0.15) is 36.3 Å². The molecule has 21 heteroatoms. The van der Waals surface area contributed by atoms with Crippen LogP contribution in [0.4, 0.5) is 0 Å². The van der Waals surface area contributed by atoms with E-state index in [4.69, 9.17) is 5.73 Å². The van der Waals surface area contributed by atoms with Gasteiger partial charge in [0.2, 0.25) is 47.8 Å². The molecule has 0 aromatic heterocycles. The quantitative estimate of drug-likeness (QED) is 0.0334. The van der Waals surface area contributed by atoms with Crippen LogP contribution in [0.2, 0.25) is 0 Å². The molecule has 6 atom stereocenters. The van der Waals surface area contributed by atoms with Gasteiger partial charge in [-0.15, -0.1) is 0 Å².